The lowest BCUT2D eigenvalue weighted by atomic mass is 9.97. The fourth-order valence-corrected chi connectivity index (χ4v) is 1.71. The lowest BCUT2D eigenvalue weighted by Crippen LogP contribution is -2.01. The van der Waals surface area contributed by atoms with E-state index in [0.717, 1.165) is 24.4 Å². The van der Waals surface area contributed by atoms with Gasteiger partial charge in [-0.1, -0.05) is 0 Å². The molecule has 2 aromatic rings. The Labute approximate surface area is 69.8 Å². The Morgan fingerprint density at radius 2 is 1.33 bits per heavy atom. The van der Waals surface area contributed by atoms with Crippen molar-refractivity contribution in [2.45, 2.75) is 12.8 Å². The first-order chi connectivity index (χ1) is 5.93. The summed E-state index contributed by atoms with van der Waals surface area (Å²) in [5.41, 5.74) is 2.52. The molecule has 2 heteroatoms. The predicted octanol–water partition coefficient (Wildman–Crippen LogP) is 2.37. The van der Waals surface area contributed by atoms with Gasteiger partial charge in [0.2, 0.25) is 0 Å². The third kappa shape index (κ3) is 0.694. The van der Waals surface area contributed by atoms with Crippen LogP contribution in [0.15, 0.2) is 33.5 Å². The Bertz CT molecular complexity index is 336. The van der Waals surface area contributed by atoms with Crippen molar-refractivity contribution in [2.24, 2.45) is 0 Å². The molecule has 0 N–H and O–H groups in total. The standard InChI is InChI=1S/C10H8O2/c1-3-11-9-6-8-2-4-12-10(8)5-7(1)9/h1-4H,5-6H2. The third-order valence-corrected chi connectivity index (χ3v) is 2.38. The number of fused-ring (bicyclic) bond motifs is 2. The second kappa shape index (κ2) is 2.03. The van der Waals surface area contributed by atoms with Crippen molar-refractivity contribution >= 4 is 0 Å². The summed E-state index contributed by atoms with van der Waals surface area (Å²) in [7, 11) is 0. The molecule has 2 heterocycles. The fraction of sp³-hybridized carbons (Fsp3) is 0.200. The highest BCUT2D eigenvalue weighted by Gasteiger charge is 2.19. The van der Waals surface area contributed by atoms with Crippen LogP contribution in [0.5, 0.6) is 0 Å². The SMILES string of the molecule is c1cc2c(o1)Cc1ccoc1C2. The van der Waals surface area contributed by atoms with Crippen LogP contribution in [0.4, 0.5) is 0 Å². The maximum Gasteiger partial charge on any atom is 0.111 e. The summed E-state index contributed by atoms with van der Waals surface area (Å²) in [5.74, 6) is 2.17. The first-order valence-corrected chi connectivity index (χ1v) is 4.04. The van der Waals surface area contributed by atoms with Crippen LogP contribution in [0.3, 0.4) is 0 Å². The van der Waals surface area contributed by atoms with E-state index >= 15 is 0 Å². The molecule has 0 unspecified atom stereocenters. The normalized spacial score (nSPS) is 14.0. The van der Waals surface area contributed by atoms with E-state index in [4.69, 9.17) is 8.83 Å². The van der Waals surface area contributed by atoms with Gasteiger partial charge in [0.1, 0.15) is 11.5 Å². The zero-order valence-electron chi connectivity index (χ0n) is 6.54. The molecule has 0 bridgehead atoms. The topological polar surface area (TPSA) is 26.3 Å². The van der Waals surface area contributed by atoms with Gasteiger partial charge in [0.15, 0.2) is 0 Å². The Kier molecular flexibility index (Phi) is 1.04. The molecule has 0 atom stereocenters. The van der Waals surface area contributed by atoms with Crippen molar-refractivity contribution in [3.8, 4) is 0 Å². The van der Waals surface area contributed by atoms with Gasteiger partial charge in [0, 0.05) is 24.0 Å². The van der Waals surface area contributed by atoms with Gasteiger partial charge in [-0.05, 0) is 12.1 Å². The molecule has 12 heavy (non-hydrogen) atoms. The first kappa shape index (κ1) is 6.12. The lowest BCUT2D eigenvalue weighted by molar-refractivity contribution is 0.485. The fourth-order valence-electron chi connectivity index (χ4n) is 1.71. The quantitative estimate of drug-likeness (QED) is 0.504. The Morgan fingerprint density at radius 1 is 0.833 bits per heavy atom. The van der Waals surface area contributed by atoms with Gasteiger partial charge in [0.25, 0.3) is 0 Å². The molecule has 1 aliphatic carbocycles. The zero-order chi connectivity index (χ0) is 7.97. The first-order valence-electron chi connectivity index (χ1n) is 4.04. The summed E-state index contributed by atoms with van der Waals surface area (Å²) < 4.78 is 10.7. The van der Waals surface area contributed by atoms with E-state index in [1.165, 1.54) is 11.1 Å². The summed E-state index contributed by atoms with van der Waals surface area (Å²) in [6, 6.07) is 4.03. The minimum atomic E-state index is 0.883. The zero-order valence-corrected chi connectivity index (χ0v) is 6.54. The van der Waals surface area contributed by atoms with Gasteiger partial charge in [-0.3, -0.25) is 0 Å². The minimum absolute atomic E-state index is 0.883. The highest BCUT2D eigenvalue weighted by atomic mass is 16.3. The van der Waals surface area contributed by atoms with Gasteiger partial charge in [-0.2, -0.15) is 0 Å². The van der Waals surface area contributed by atoms with Crippen molar-refractivity contribution < 1.29 is 8.83 Å². The van der Waals surface area contributed by atoms with Gasteiger partial charge in [-0.25, -0.2) is 0 Å². The van der Waals surface area contributed by atoms with Crippen LogP contribution in [0.2, 0.25) is 0 Å². The van der Waals surface area contributed by atoms with Crippen molar-refractivity contribution in [3.05, 3.63) is 47.3 Å². The summed E-state index contributed by atoms with van der Waals surface area (Å²) in [4.78, 5) is 0. The minimum Gasteiger partial charge on any atom is -0.469 e. The largest absolute Gasteiger partial charge is 0.469 e. The van der Waals surface area contributed by atoms with Gasteiger partial charge in [0.05, 0.1) is 12.5 Å². The molecule has 1 aliphatic rings. The highest BCUT2D eigenvalue weighted by Crippen LogP contribution is 2.27. The smallest absolute Gasteiger partial charge is 0.111 e. The molecule has 0 amide bonds. The molecule has 60 valence electrons. The number of hydrogen-bond acceptors (Lipinski definition) is 2. The number of rotatable bonds is 0. The summed E-state index contributed by atoms with van der Waals surface area (Å²) in [5, 5.41) is 0. The molecule has 0 spiro atoms. The molecule has 0 aromatic carbocycles. The molecule has 3 rings (SSSR count). The third-order valence-electron chi connectivity index (χ3n) is 2.38. The van der Waals surface area contributed by atoms with Crippen LogP contribution in [-0.4, -0.2) is 0 Å². The summed E-state index contributed by atoms with van der Waals surface area (Å²) in [6.07, 6.45) is 5.26. The van der Waals surface area contributed by atoms with E-state index in [2.05, 4.69) is 0 Å². The Morgan fingerprint density at radius 3 is 1.83 bits per heavy atom. The van der Waals surface area contributed by atoms with Crippen molar-refractivity contribution in [1.82, 2.24) is 0 Å². The Hall–Kier alpha value is -1.44. The van der Waals surface area contributed by atoms with E-state index < -0.39 is 0 Å². The van der Waals surface area contributed by atoms with Crippen molar-refractivity contribution in [3.63, 3.8) is 0 Å². The van der Waals surface area contributed by atoms with Crippen LogP contribution < -0.4 is 0 Å². The average molecular weight is 160 g/mol. The Balaban J connectivity index is 2.15. The maximum atomic E-state index is 5.34. The van der Waals surface area contributed by atoms with Crippen molar-refractivity contribution in [2.75, 3.05) is 0 Å². The maximum absolute atomic E-state index is 5.34. The van der Waals surface area contributed by atoms with Crippen LogP contribution in [0, 0.1) is 0 Å². The van der Waals surface area contributed by atoms with E-state index in [1.807, 2.05) is 12.1 Å². The molecular weight excluding hydrogens is 152 g/mol. The van der Waals surface area contributed by atoms with Crippen LogP contribution in [0.1, 0.15) is 22.6 Å². The van der Waals surface area contributed by atoms with E-state index in [1.54, 1.807) is 12.5 Å². The van der Waals surface area contributed by atoms with Crippen LogP contribution in [0.25, 0.3) is 0 Å². The van der Waals surface area contributed by atoms with E-state index in [9.17, 15) is 0 Å². The lowest BCUT2D eigenvalue weighted by Gasteiger charge is -2.08. The van der Waals surface area contributed by atoms with Gasteiger partial charge >= 0.3 is 0 Å². The average Bonchev–Trinajstić information content (AvgIpc) is 2.64. The van der Waals surface area contributed by atoms with Crippen LogP contribution in [-0.2, 0) is 12.8 Å². The van der Waals surface area contributed by atoms with Gasteiger partial charge < -0.3 is 8.83 Å². The predicted molar refractivity (Wildman–Crippen MR) is 43.0 cm³/mol. The second-order valence-corrected chi connectivity index (χ2v) is 3.09. The molecular formula is C10H8O2. The van der Waals surface area contributed by atoms with Gasteiger partial charge in [-0.15, -0.1) is 0 Å². The molecule has 2 aromatic heterocycles. The molecule has 0 aliphatic heterocycles. The summed E-state index contributed by atoms with van der Waals surface area (Å²) in [6.45, 7) is 0. The summed E-state index contributed by atoms with van der Waals surface area (Å²) >= 11 is 0. The van der Waals surface area contributed by atoms with Crippen LogP contribution >= 0.6 is 0 Å². The monoisotopic (exact) mass is 160 g/mol. The number of furan rings is 2. The van der Waals surface area contributed by atoms with Crippen molar-refractivity contribution in [1.29, 1.82) is 0 Å². The highest BCUT2D eigenvalue weighted by molar-refractivity contribution is 5.36. The molecule has 0 saturated carbocycles. The van der Waals surface area contributed by atoms with E-state index in [0.29, 0.717) is 0 Å². The molecule has 0 fully saturated rings. The molecule has 0 saturated heterocycles. The number of hydrogen-bond donors (Lipinski definition) is 0. The van der Waals surface area contributed by atoms with E-state index in [-0.39, 0.29) is 0 Å². The second-order valence-electron chi connectivity index (χ2n) is 3.09. The molecule has 0 radical (unpaired) electrons. The molecule has 2 nitrogen and oxygen atoms in total.